The normalized spacial score (nSPS) is 12.6. The van der Waals surface area contributed by atoms with Crippen molar-refractivity contribution >= 4 is 15.9 Å². The minimum Gasteiger partial charge on any atom is -0.306 e. The fourth-order valence-electron chi connectivity index (χ4n) is 2.45. The van der Waals surface area contributed by atoms with E-state index in [1.54, 1.807) is 0 Å². The second kappa shape index (κ2) is 7.04. The lowest BCUT2D eigenvalue weighted by Crippen LogP contribution is -2.22. The number of nitrogens with one attached hydrogen (secondary N) is 1. The number of halogens is 1. The van der Waals surface area contributed by atoms with E-state index in [2.05, 4.69) is 71.5 Å². The number of benzene rings is 1. The van der Waals surface area contributed by atoms with Gasteiger partial charge in [-0.15, -0.1) is 0 Å². The van der Waals surface area contributed by atoms with Crippen LogP contribution in [-0.2, 0) is 6.54 Å². The standard InChI is InChI=1S/C16H22BrN3/c1-4-8-20-11-13(10-19-20)16(18-5-2)15-7-6-14(17)9-12(15)3/h6-7,9-11,16,18H,4-5,8H2,1-3H3. The van der Waals surface area contributed by atoms with Gasteiger partial charge >= 0.3 is 0 Å². The lowest BCUT2D eigenvalue weighted by atomic mass is 9.97. The van der Waals surface area contributed by atoms with E-state index in [1.165, 1.54) is 16.7 Å². The van der Waals surface area contributed by atoms with Crippen molar-refractivity contribution in [2.45, 2.75) is 39.8 Å². The fraction of sp³-hybridized carbons (Fsp3) is 0.438. The average Bonchev–Trinajstić information content (AvgIpc) is 2.86. The van der Waals surface area contributed by atoms with Crippen molar-refractivity contribution in [3.05, 3.63) is 51.8 Å². The van der Waals surface area contributed by atoms with Gasteiger partial charge in [-0.25, -0.2) is 0 Å². The van der Waals surface area contributed by atoms with Gasteiger partial charge in [0.05, 0.1) is 12.2 Å². The highest BCUT2D eigenvalue weighted by Gasteiger charge is 2.17. The summed E-state index contributed by atoms with van der Waals surface area (Å²) in [6.07, 6.45) is 5.23. The third-order valence-corrected chi connectivity index (χ3v) is 3.88. The van der Waals surface area contributed by atoms with Crippen LogP contribution in [0.4, 0.5) is 0 Å². The number of hydrogen-bond acceptors (Lipinski definition) is 2. The van der Waals surface area contributed by atoms with Crippen molar-refractivity contribution in [2.75, 3.05) is 6.54 Å². The molecule has 1 aromatic carbocycles. The molecule has 20 heavy (non-hydrogen) atoms. The Morgan fingerprint density at radius 3 is 2.80 bits per heavy atom. The Hall–Kier alpha value is -1.13. The monoisotopic (exact) mass is 335 g/mol. The molecule has 1 atom stereocenters. The van der Waals surface area contributed by atoms with Gasteiger partial charge < -0.3 is 5.32 Å². The van der Waals surface area contributed by atoms with E-state index in [9.17, 15) is 0 Å². The first-order chi connectivity index (χ1) is 9.65. The van der Waals surface area contributed by atoms with E-state index in [4.69, 9.17) is 0 Å². The van der Waals surface area contributed by atoms with Crippen LogP contribution < -0.4 is 5.32 Å². The van der Waals surface area contributed by atoms with Gasteiger partial charge in [-0.1, -0.05) is 35.8 Å². The lowest BCUT2D eigenvalue weighted by molar-refractivity contribution is 0.597. The Labute approximate surface area is 129 Å². The maximum Gasteiger partial charge on any atom is 0.0610 e. The van der Waals surface area contributed by atoms with Crippen LogP contribution in [0.15, 0.2) is 35.1 Å². The molecule has 0 aliphatic heterocycles. The highest BCUT2D eigenvalue weighted by atomic mass is 79.9. The predicted octanol–water partition coefficient (Wildman–Crippen LogP) is 4.06. The van der Waals surface area contributed by atoms with E-state index >= 15 is 0 Å². The summed E-state index contributed by atoms with van der Waals surface area (Å²) < 4.78 is 3.14. The highest BCUT2D eigenvalue weighted by Crippen LogP contribution is 2.26. The first kappa shape index (κ1) is 15.3. The molecular weight excluding hydrogens is 314 g/mol. The van der Waals surface area contributed by atoms with Crippen LogP contribution in [0.5, 0.6) is 0 Å². The zero-order chi connectivity index (χ0) is 14.5. The van der Waals surface area contributed by atoms with E-state index in [1.807, 2.05) is 10.9 Å². The summed E-state index contributed by atoms with van der Waals surface area (Å²) in [6.45, 7) is 8.36. The van der Waals surface area contributed by atoms with Crippen molar-refractivity contribution in [3.63, 3.8) is 0 Å². The minimum absolute atomic E-state index is 0.207. The summed E-state index contributed by atoms with van der Waals surface area (Å²) in [4.78, 5) is 0. The van der Waals surface area contributed by atoms with Crippen LogP contribution in [0.1, 0.15) is 43.0 Å². The Morgan fingerprint density at radius 1 is 1.35 bits per heavy atom. The smallest absolute Gasteiger partial charge is 0.0610 e. The Morgan fingerprint density at radius 2 is 2.15 bits per heavy atom. The van der Waals surface area contributed by atoms with Crippen molar-refractivity contribution < 1.29 is 0 Å². The Kier molecular flexibility index (Phi) is 5.38. The summed E-state index contributed by atoms with van der Waals surface area (Å²) in [5.74, 6) is 0. The molecule has 0 aliphatic carbocycles. The molecule has 0 aliphatic rings. The van der Waals surface area contributed by atoms with E-state index in [0.717, 1.165) is 24.0 Å². The highest BCUT2D eigenvalue weighted by molar-refractivity contribution is 9.10. The van der Waals surface area contributed by atoms with Gasteiger partial charge in [0, 0.05) is 22.8 Å². The Balaban J connectivity index is 2.34. The van der Waals surface area contributed by atoms with Crippen molar-refractivity contribution in [1.29, 1.82) is 0 Å². The van der Waals surface area contributed by atoms with Gasteiger partial charge in [0.15, 0.2) is 0 Å². The first-order valence-corrected chi connectivity index (χ1v) is 7.96. The number of nitrogens with zero attached hydrogens (tertiary/aromatic N) is 2. The van der Waals surface area contributed by atoms with Crippen LogP contribution >= 0.6 is 15.9 Å². The summed E-state index contributed by atoms with van der Waals surface area (Å²) in [5.41, 5.74) is 3.82. The van der Waals surface area contributed by atoms with Crippen LogP contribution in [0.3, 0.4) is 0 Å². The maximum absolute atomic E-state index is 4.45. The van der Waals surface area contributed by atoms with Crippen LogP contribution in [0.2, 0.25) is 0 Å². The topological polar surface area (TPSA) is 29.9 Å². The van der Waals surface area contributed by atoms with Gasteiger partial charge in [-0.05, 0) is 43.1 Å². The molecule has 2 rings (SSSR count). The second-order valence-electron chi connectivity index (χ2n) is 5.03. The molecule has 0 amide bonds. The summed E-state index contributed by atoms with van der Waals surface area (Å²) in [6, 6.07) is 6.65. The van der Waals surface area contributed by atoms with E-state index < -0.39 is 0 Å². The lowest BCUT2D eigenvalue weighted by Gasteiger charge is -2.19. The maximum atomic E-state index is 4.45. The van der Waals surface area contributed by atoms with Crippen molar-refractivity contribution in [1.82, 2.24) is 15.1 Å². The Bertz CT molecular complexity index is 563. The molecule has 1 N–H and O–H groups in total. The zero-order valence-corrected chi connectivity index (χ0v) is 13.9. The van der Waals surface area contributed by atoms with Crippen LogP contribution in [0, 0.1) is 6.92 Å². The van der Waals surface area contributed by atoms with Gasteiger partial charge in [-0.2, -0.15) is 5.10 Å². The van der Waals surface area contributed by atoms with Gasteiger partial charge in [0.2, 0.25) is 0 Å². The molecule has 0 saturated carbocycles. The molecule has 0 radical (unpaired) electrons. The summed E-state index contributed by atoms with van der Waals surface area (Å²) in [7, 11) is 0. The number of hydrogen-bond donors (Lipinski definition) is 1. The van der Waals surface area contributed by atoms with Gasteiger partial charge in [0.25, 0.3) is 0 Å². The van der Waals surface area contributed by atoms with E-state index in [-0.39, 0.29) is 6.04 Å². The molecule has 1 aromatic heterocycles. The molecule has 0 fully saturated rings. The molecule has 4 heteroatoms. The third kappa shape index (κ3) is 3.49. The summed E-state index contributed by atoms with van der Waals surface area (Å²) >= 11 is 3.53. The van der Waals surface area contributed by atoms with E-state index in [0.29, 0.717) is 0 Å². The van der Waals surface area contributed by atoms with Crippen LogP contribution in [-0.4, -0.2) is 16.3 Å². The zero-order valence-electron chi connectivity index (χ0n) is 12.4. The molecule has 1 unspecified atom stereocenters. The molecule has 2 aromatic rings. The minimum atomic E-state index is 0.207. The largest absolute Gasteiger partial charge is 0.306 e. The fourth-order valence-corrected chi connectivity index (χ4v) is 2.93. The SMILES string of the molecule is CCCn1cc(C(NCC)c2ccc(Br)cc2C)cn1. The molecular formula is C16H22BrN3. The number of aryl methyl sites for hydroxylation is 2. The van der Waals surface area contributed by atoms with Gasteiger partial charge in [0.1, 0.15) is 0 Å². The molecule has 0 bridgehead atoms. The average molecular weight is 336 g/mol. The van der Waals surface area contributed by atoms with Crippen molar-refractivity contribution in [3.8, 4) is 0 Å². The quantitative estimate of drug-likeness (QED) is 0.862. The van der Waals surface area contributed by atoms with Crippen LogP contribution in [0.25, 0.3) is 0 Å². The second-order valence-corrected chi connectivity index (χ2v) is 5.94. The molecule has 0 saturated heterocycles. The first-order valence-electron chi connectivity index (χ1n) is 7.17. The molecule has 1 heterocycles. The molecule has 108 valence electrons. The van der Waals surface area contributed by atoms with Crippen molar-refractivity contribution in [2.24, 2.45) is 0 Å². The third-order valence-electron chi connectivity index (χ3n) is 3.39. The van der Waals surface area contributed by atoms with Gasteiger partial charge in [-0.3, -0.25) is 4.68 Å². The number of rotatable bonds is 6. The number of aromatic nitrogens is 2. The molecule has 0 spiro atoms. The summed E-state index contributed by atoms with van der Waals surface area (Å²) in [5, 5.41) is 8.01. The predicted molar refractivity (Wildman–Crippen MR) is 86.9 cm³/mol. The molecule has 3 nitrogen and oxygen atoms in total.